The summed E-state index contributed by atoms with van der Waals surface area (Å²) in [6.45, 7) is 26.1. The summed E-state index contributed by atoms with van der Waals surface area (Å²) in [5, 5.41) is 18.2. The number of thioether (sulfide) groups is 5. The Morgan fingerprint density at radius 3 is 1.07 bits per heavy atom. The molecule has 143 heavy (non-hydrogen) atoms. The molecule has 0 spiro atoms. The Morgan fingerprint density at radius 2 is 0.804 bits per heavy atom. The minimum Gasteiger partial charge on any atom is -0.870 e. The van der Waals surface area contributed by atoms with Gasteiger partial charge in [-0.15, -0.1) is 18.2 Å². The first-order chi connectivity index (χ1) is 66.3. The van der Waals surface area contributed by atoms with E-state index >= 15 is 0 Å². The first-order valence-electron chi connectivity index (χ1n) is 45.9. The molecule has 6 aromatic rings. The van der Waals surface area contributed by atoms with Gasteiger partial charge in [-0.2, -0.15) is 74.6 Å². The van der Waals surface area contributed by atoms with Gasteiger partial charge in [0.15, 0.2) is 51.9 Å². The van der Waals surface area contributed by atoms with Crippen LogP contribution in [0.15, 0.2) is 18.2 Å². The fraction of sp³-hybridized carbons (Fsp3) is 0.638. The van der Waals surface area contributed by atoms with E-state index in [1.54, 1.807) is 96.1 Å². The first-order valence-corrected chi connectivity index (χ1v) is 51.8. The maximum absolute atomic E-state index is 15.0. The van der Waals surface area contributed by atoms with Crippen LogP contribution in [0.5, 0.6) is 34.5 Å². The number of carbonyl (C=O) groups excluding carboxylic acids is 7. The third kappa shape index (κ3) is 43.7. The van der Waals surface area contributed by atoms with Crippen LogP contribution < -0.4 is 95.5 Å². The summed E-state index contributed by atoms with van der Waals surface area (Å²) < 4.78 is 103. The molecule has 2 amide bonds. The maximum atomic E-state index is 15.0. The van der Waals surface area contributed by atoms with E-state index in [-0.39, 0.29) is 137 Å². The van der Waals surface area contributed by atoms with E-state index in [0.717, 1.165) is 68.6 Å². The molecular formula is C94H147F3LiN17O22S6. The van der Waals surface area contributed by atoms with Gasteiger partial charge in [-0.3, -0.25) is 24.0 Å². The van der Waals surface area contributed by atoms with E-state index in [1.165, 1.54) is 92.7 Å². The van der Waals surface area contributed by atoms with Crippen molar-refractivity contribution in [3.05, 3.63) is 35.7 Å². The number of nitrogens with zero attached hydrogens (tertiary/aromatic N) is 11. The number of fused-ring (bicyclic) bond motifs is 3. The number of methoxy groups -OCH3 is 6. The number of aromatic nitrogens is 6. The minimum absolute atomic E-state index is 0. The molecule has 798 valence electrons. The second-order valence-electron chi connectivity index (χ2n) is 33.5. The Kier molecular flexibility index (Phi) is 61.3. The number of esters is 3. The van der Waals surface area contributed by atoms with Gasteiger partial charge in [-0.05, 0) is 155 Å². The summed E-state index contributed by atoms with van der Waals surface area (Å²) in [5.74, 6) is 7.89. The molecule has 8 saturated heterocycles. The van der Waals surface area contributed by atoms with E-state index in [2.05, 4.69) is 69.1 Å². The smallest absolute Gasteiger partial charge is 0.870 e. The topological polar surface area (TPSA) is 519 Å². The molecule has 14 rings (SSSR count). The second-order valence-corrected chi connectivity index (χ2v) is 40.8. The molecule has 39 nitrogen and oxygen atoms in total. The number of ether oxygens (including phenoxy) is 12. The molecule has 3 aromatic heterocycles. The Hall–Kier alpha value is -9.27. The monoisotopic (exact) mass is 2120 g/mol. The normalized spacial score (nSPS) is 17.5. The van der Waals surface area contributed by atoms with Crippen molar-refractivity contribution >= 4 is 187 Å². The molecule has 0 bridgehead atoms. The molecule has 8 fully saturated rings. The molecule has 0 aliphatic carbocycles. The van der Waals surface area contributed by atoms with Crippen molar-refractivity contribution in [3.63, 3.8) is 0 Å². The van der Waals surface area contributed by atoms with Gasteiger partial charge in [-0.25, -0.2) is 42.5 Å². The maximum Gasteiger partial charge on any atom is 1.00 e. The number of rotatable bonds is 23. The van der Waals surface area contributed by atoms with Crippen molar-refractivity contribution in [2.45, 2.75) is 198 Å². The quantitative estimate of drug-likeness (QED) is 0.00562. The molecular weight excluding hydrogens is 1980 g/mol. The molecule has 3 aromatic carbocycles. The second kappa shape index (κ2) is 67.5. The number of carboxylic acids is 1. The number of carbonyl (C=O) groups is 8. The van der Waals surface area contributed by atoms with Gasteiger partial charge >= 0.3 is 55.0 Å². The van der Waals surface area contributed by atoms with Gasteiger partial charge in [0.2, 0.25) is 29.7 Å². The van der Waals surface area contributed by atoms with Crippen LogP contribution in [-0.2, 0) is 57.2 Å². The summed E-state index contributed by atoms with van der Waals surface area (Å²) in [7, 11) is 8.42. The Morgan fingerprint density at radius 1 is 0.483 bits per heavy atom. The van der Waals surface area contributed by atoms with Gasteiger partial charge < -0.3 is 125 Å². The molecule has 0 radical (unpaired) electrons. The number of amides is 2. The summed E-state index contributed by atoms with van der Waals surface area (Å²) in [6.07, 6.45) is 14.7. The van der Waals surface area contributed by atoms with E-state index in [4.69, 9.17) is 75.4 Å². The third-order valence-corrected chi connectivity index (χ3v) is 28.1. The van der Waals surface area contributed by atoms with Crippen LogP contribution in [-0.4, -0.2) is 324 Å². The largest absolute Gasteiger partial charge is 1.00 e. The van der Waals surface area contributed by atoms with Crippen molar-refractivity contribution in [2.75, 3.05) is 221 Å². The number of thiol groups is 1. The number of anilines is 6. The predicted octanol–water partition coefficient (Wildman–Crippen LogP) is 10.2. The number of piperazine rings is 3. The van der Waals surface area contributed by atoms with E-state index in [1.807, 2.05) is 73.6 Å². The Labute approximate surface area is 876 Å². The number of nitrogen functional groups attached to an aromatic ring is 3. The molecule has 5 atom stereocenters. The molecule has 8 aliphatic rings. The van der Waals surface area contributed by atoms with Gasteiger partial charge in [0.25, 0.3) is 0 Å². The predicted molar refractivity (Wildman–Crippen MR) is 561 cm³/mol. The van der Waals surface area contributed by atoms with Crippen LogP contribution in [0.2, 0.25) is 0 Å². The van der Waals surface area contributed by atoms with Gasteiger partial charge in [-0.1, -0.05) is 14.9 Å². The number of aliphatic carboxylic acids is 1. The fourth-order valence-corrected chi connectivity index (χ4v) is 20.5. The molecule has 11 heterocycles. The number of hydrogen-bond acceptors (Lipinski definition) is 42. The summed E-state index contributed by atoms with van der Waals surface area (Å²) >= 11 is 13.1. The van der Waals surface area contributed by atoms with Crippen LogP contribution in [0.25, 0.3) is 32.7 Å². The number of nitrogens with one attached hydrogen (secondary N) is 2. The summed E-state index contributed by atoms with van der Waals surface area (Å²) in [4.78, 5) is 125. The Balaban J connectivity index is 0.000000572. The molecule has 12 N–H and O–H groups in total. The van der Waals surface area contributed by atoms with Gasteiger partial charge in [0.05, 0.1) is 93.5 Å². The number of benzene rings is 3. The van der Waals surface area contributed by atoms with E-state index in [0.29, 0.717) is 166 Å². The van der Waals surface area contributed by atoms with Crippen LogP contribution >= 0.6 is 71.4 Å². The molecule has 49 heteroatoms. The van der Waals surface area contributed by atoms with Crippen LogP contribution in [0, 0.1) is 29.8 Å². The number of halogens is 3. The first kappa shape index (κ1) is 130. The standard InChI is InChI=1S/C20H26FN5O3S.C19H25FN6O3S.C14H18FN5O2.C10H18O5.2C8H14O2S.C6H10O2S.C5H6O2.C2H7NS.2CH4.Li.H2O/c1-28-14-11-13-17(16(21)18(14)29-2)23-20(24-19(13)22)26-7-5-25(6-8-26)15(27)10-12-4-3-9-30-12;1-28-12-9-11-16(15(20)17(12)29-2)23-19(24-18(11)21)26-6-4-25(5-7-26)14(27)10-13-22-3-8-30-13;1-21-9-7-8-11(10(15)12(9)22-2)18-14(19-13(8)16)20-5-3-17-4-6-20;1-9(2,3)14-7(11)13-8(12)15-10(4,5)6;2*1-2-10-8(9)6-7-4-3-5-11-7;7-6(8)4-5-2-1-3-9-5;1-3-5(6)7-4-2;3-1-2-4;;;;/h11-12H,3-10H2,1-2H3,(H2,22,23,24);9,13,22H,3-8,10H2,1-2H3,(H2,21,23,24);7,17H,3-6H2,1-2H3,(H2,16,18,19);1-6H3;2*7H,2-6H2,1H3;5H,1-4H2,(H,7,8);1H,4H2,2H3;4H,1-3H2;2*1H4;;1H2/q;;;;;;;;;;;+1;/p-1. The molecule has 0 saturated carbocycles. The Bertz CT molecular complexity index is 4770. The zero-order valence-corrected chi connectivity index (χ0v) is 88.5. The zero-order chi connectivity index (χ0) is 102. The minimum atomic E-state index is -1.06. The van der Waals surface area contributed by atoms with Crippen molar-refractivity contribution < 1.29 is 138 Å². The summed E-state index contributed by atoms with van der Waals surface area (Å²) in [6, 6.07) is 4.74. The third-order valence-electron chi connectivity index (χ3n) is 21.0. The van der Waals surface area contributed by atoms with Crippen LogP contribution in [0.3, 0.4) is 0 Å². The average molecular weight is 2120 g/mol. The number of hydrogen-bond donors (Lipinski definition) is 8. The number of terminal acetylenes is 1. The van der Waals surface area contributed by atoms with E-state index in [9.17, 15) is 51.5 Å². The average Bonchev–Trinajstić information content (AvgIpc) is 1.63. The van der Waals surface area contributed by atoms with Crippen LogP contribution in [0.4, 0.5) is 58.1 Å². The molecule has 5 unspecified atom stereocenters. The SMILES string of the molecule is C.C.C#CC(=O)OCC.CC(C)(C)OC(=O)OC(=O)OC(C)(C)C.CCOC(=O)CC1CCCS1.CCOC(=O)CC1CCCS1.COc1cc2c(N)nc(N3CCN(C(=O)CC4CCCS4)CC3)nc2c(F)c1OC.COc1cc2c(N)nc(N3CCN(C(=O)CC4NCCS4)CC3)nc2c(F)c1OC.COc1cc2c(N)nc(N3CCNCC3)nc2c(F)c1OC.NCCS.O=C(O)CC1CCCS1.[Li+].[OH-]. The number of nitrogens with two attached hydrogens (primary N) is 4. The van der Waals surface area contributed by atoms with Crippen molar-refractivity contribution in [2.24, 2.45) is 5.73 Å². The van der Waals surface area contributed by atoms with Crippen LogP contribution in [0.1, 0.15) is 161 Å². The van der Waals surface area contributed by atoms with Crippen molar-refractivity contribution in [1.29, 1.82) is 0 Å². The van der Waals surface area contributed by atoms with Crippen molar-refractivity contribution in [3.8, 4) is 46.8 Å². The molecule has 8 aliphatic heterocycles. The zero-order valence-electron chi connectivity index (χ0n) is 83.6. The van der Waals surface area contributed by atoms with Crippen molar-refractivity contribution in [1.82, 2.24) is 50.3 Å². The fourth-order valence-electron chi connectivity index (χ4n) is 14.4. The summed E-state index contributed by atoms with van der Waals surface area (Å²) in [5.41, 5.74) is 22.1. The van der Waals surface area contributed by atoms with E-state index < -0.39 is 52.9 Å². The van der Waals surface area contributed by atoms with Gasteiger partial charge in [0.1, 0.15) is 45.2 Å². The van der Waals surface area contributed by atoms with Gasteiger partial charge in [0, 0.05) is 153 Å². The number of carboxylic acid groups (broad SMARTS) is 1.